The summed E-state index contributed by atoms with van der Waals surface area (Å²) in [4.78, 5) is 10.4. The molecule has 5 nitrogen and oxygen atoms in total. The number of hydrogen-bond donors (Lipinski definition) is 1. The normalized spacial score (nSPS) is 20.4. The number of nitro benzene ring substituents is 1. The fraction of sp³-hybridized carbons (Fsp3) is 0.294. The van der Waals surface area contributed by atoms with E-state index < -0.39 is 4.92 Å². The van der Waals surface area contributed by atoms with Crippen molar-refractivity contribution in [3.63, 3.8) is 0 Å². The molecule has 0 aromatic heterocycles. The molecule has 1 saturated heterocycles. The van der Waals surface area contributed by atoms with E-state index in [2.05, 4.69) is 33.4 Å². The minimum absolute atomic E-state index is 0.0776. The Bertz CT molecular complexity index is 693. The summed E-state index contributed by atoms with van der Waals surface area (Å²) < 4.78 is 6.58. The number of rotatable bonds is 5. The Labute approximate surface area is 142 Å². The van der Waals surface area contributed by atoms with Crippen molar-refractivity contribution >= 4 is 27.3 Å². The quantitative estimate of drug-likeness (QED) is 0.614. The highest BCUT2D eigenvalue weighted by Crippen LogP contribution is 2.35. The van der Waals surface area contributed by atoms with E-state index in [0.29, 0.717) is 10.4 Å². The lowest BCUT2D eigenvalue weighted by atomic mass is 9.95. The van der Waals surface area contributed by atoms with Gasteiger partial charge in [-0.3, -0.25) is 10.1 Å². The summed E-state index contributed by atoms with van der Waals surface area (Å²) in [6.07, 6.45) is 1.09. The molecule has 2 unspecified atom stereocenters. The maximum atomic E-state index is 10.8. The van der Waals surface area contributed by atoms with Crippen LogP contribution in [-0.4, -0.2) is 18.1 Å². The van der Waals surface area contributed by atoms with Crippen LogP contribution >= 0.6 is 15.9 Å². The van der Waals surface area contributed by atoms with Crippen LogP contribution in [-0.2, 0) is 4.74 Å². The van der Waals surface area contributed by atoms with Gasteiger partial charge in [0, 0.05) is 41.4 Å². The fourth-order valence-electron chi connectivity index (χ4n) is 2.86. The van der Waals surface area contributed by atoms with Crippen LogP contribution in [0.2, 0.25) is 0 Å². The van der Waals surface area contributed by atoms with Crippen molar-refractivity contribution in [3.8, 4) is 0 Å². The molecule has 0 spiro atoms. The molecule has 23 heavy (non-hydrogen) atoms. The summed E-state index contributed by atoms with van der Waals surface area (Å²) in [7, 11) is 0. The summed E-state index contributed by atoms with van der Waals surface area (Å²) in [5, 5.41) is 14.2. The van der Waals surface area contributed by atoms with Gasteiger partial charge in [-0.05, 0) is 34.0 Å². The van der Waals surface area contributed by atoms with E-state index in [1.54, 1.807) is 6.07 Å². The lowest BCUT2D eigenvalue weighted by Crippen LogP contribution is -2.18. The molecule has 3 rings (SSSR count). The van der Waals surface area contributed by atoms with E-state index in [0.717, 1.165) is 25.3 Å². The van der Waals surface area contributed by atoms with Crippen molar-refractivity contribution in [2.45, 2.75) is 12.5 Å². The van der Waals surface area contributed by atoms with Crippen LogP contribution in [0.4, 0.5) is 11.4 Å². The van der Waals surface area contributed by atoms with E-state index in [1.807, 2.05) is 18.2 Å². The van der Waals surface area contributed by atoms with Crippen LogP contribution in [0, 0.1) is 16.0 Å². The number of nitrogens with zero attached hydrogens (tertiary/aromatic N) is 1. The van der Waals surface area contributed by atoms with E-state index in [1.165, 1.54) is 17.7 Å². The third-order valence-corrected chi connectivity index (χ3v) is 4.72. The van der Waals surface area contributed by atoms with Gasteiger partial charge in [-0.2, -0.15) is 0 Å². The standard InChI is InChI=1S/C17H17BrN2O3/c18-15-10-14(20(21)22)6-7-16(15)19-11-13-8-9-23-17(13)12-4-2-1-3-5-12/h1-7,10,13,17,19H,8-9,11H2. The van der Waals surface area contributed by atoms with Gasteiger partial charge in [-0.15, -0.1) is 0 Å². The van der Waals surface area contributed by atoms with Crippen LogP contribution in [0.1, 0.15) is 18.1 Å². The molecule has 2 aromatic carbocycles. The third-order valence-electron chi connectivity index (χ3n) is 4.06. The van der Waals surface area contributed by atoms with Gasteiger partial charge in [0.1, 0.15) is 0 Å². The van der Waals surface area contributed by atoms with Gasteiger partial charge in [0.25, 0.3) is 5.69 Å². The van der Waals surface area contributed by atoms with Crippen molar-refractivity contribution in [3.05, 3.63) is 68.7 Å². The summed E-state index contributed by atoms with van der Waals surface area (Å²) >= 11 is 3.39. The maximum Gasteiger partial charge on any atom is 0.270 e. The zero-order valence-corrected chi connectivity index (χ0v) is 14.0. The average molecular weight is 377 g/mol. The first-order valence-corrected chi connectivity index (χ1v) is 8.29. The molecule has 1 fully saturated rings. The zero-order chi connectivity index (χ0) is 16.2. The number of halogens is 1. The highest BCUT2D eigenvalue weighted by atomic mass is 79.9. The number of nitrogens with one attached hydrogen (secondary N) is 1. The SMILES string of the molecule is O=[N+]([O-])c1ccc(NCC2CCOC2c2ccccc2)c(Br)c1. The smallest absolute Gasteiger partial charge is 0.270 e. The zero-order valence-electron chi connectivity index (χ0n) is 12.4. The van der Waals surface area contributed by atoms with E-state index >= 15 is 0 Å². The van der Waals surface area contributed by atoms with E-state index in [9.17, 15) is 10.1 Å². The Hall–Kier alpha value is -1.92. The van der Waals surface area contributed by atoms with Crippen molar-refractivity contribution < 1.29 is 9.66 Å². The van der Waals surface area contributed by atoms with Gasteiger partial charge in [0.2, 0.25) is 0 Å². The van der Waals surface area contributed by atoms with Gasteiger partial charge in [0.05, 0.1) is 11.0 Å². The average Bonchev–Trinajstić information content (AvgIpc) is 3.03. The molecule has 1 N–H and O–H groups in total. The number of nitro groups is 1. The summed E-state index contributed by atoms with van der Waals surface area (Å²) in [6.45, 7) is 1.52. The molecule has 1 heterocycles. The highest BCUT2D eigenvalue weighted by molar-refractivity contribution is 9.10. The van der Waals surface area contributed by atoms with Gasteiger partial charge in [-0.1, -0.05) is 30.3 Å². The first-order chi connectivity index (χ1) is 11.1. The van der Waals surface area contributed by atoms with Gasteiger partial charge in [0.15, 0.2) is 0 Å². The molecule has 0 radical (unpaired) electrons. The fourth-order valence-corrected chi connectivity index (χ4v) is 3.36. The van der Waals surface area contributed by atoms with Crippen LogP contribution in [0.5, 0.6) is 0 Å². The van der Waals surface area contributed by atoms with Crippen LogP contribution < -0.4 is 5.32 Å². The van der Waals surface area contributed by atoms with Gasteiger partial charge < -0.3 is 10.1 Å². The molecule has 1 aliphatic heterocycles. The number of anilines is 1. The molecular formula is C17H17BrN2O3. The Balaban J connectivity index is 1.67. The molecule has 0 amide bonds. The summed E-state index contributed by atoms with van der Waals surface area (Å²) in [5.74, 6) is 0.375. The molecule has 1 aliphatic rings. The van der Waals surface area contributed by atoms with Gasteiger partial charge >= 0.3 is 0 Å². The Morgan fingerprint density at radius 3 is 2.74 bits per heavy atom. The molecule has 0 aliphatic carbocycles. The van der Waals surface area contributed by atoms with Crippen molar-refractivity contribution in [1.29, 1.82) is 0 Å². The Morgan fingerprint density at radius 1 is 1.26 bits per heavy atom. The predicted octanol–water partition coefficient (Wildman–Crippen LogP) is 4.55. The maximum absolute atomic E-state index is 10.8. The predicted molar refractivity (Wildman–Crippen MR) is 92.5 cm³/mol. The first-order valence-electron chi connectivity index (χ1n) is 7.49. The second-order valence-electron chi connectivity index (χ2n) is 5.55. The summed E-state index contributed by atoms with van der Waals surface area (Å²) in [5.41, 5.74) is 2.13. The molecular weight excluding hydrogens is 360 g/mol. The molecule has 0 bridgehead atoms. The van der Waals surface area contributed by atoms with Crippen LogP contribution in [0.15, 0.2) is 53.0 Å². The number of hydrogen-bond acceptors (Lipinski definition) is 4. The number of non-ortho nitro benzene ring substituents is 1. The van der Waals surface area contributed by atoms with Gasteiger partial charge in [-0.25, -0.2) is 0 Å². The summed E-state index contributed by atoms with van der Waals surface area (Å²) in [6, 6.07) is 15.0. The third kappa shape index (κ3) is 3.71. The van der Waals surface area contributed by atoms with E-state index in [-0.39, 0.29) is 11.8 Å². The number of benzene rings is 2. The largest absolute Gasteiger partial charge is 0.384 e. The van der Waals surface area contributed by atoms with Crippen LogP contribution in [0.3, 0.4) is 0 Å². The molecule has 2 aromatic rings. The van der Waals surface area contributed by atoms with E-state index in [4.69, 9.17) is 4.74 Å². The van der Waals surface area contributed by atoms with Crippen molar-refractivity contribution in [2.24, 2.45) is 5.92 Å². The molecule has 0 saturated carbocycles. The number of ether oxygens (including phenoxy) is 1. The van der Waals surface area contributed by atoms with Crippen molar-refractivity contribution in [1.82, 2.24) is 0 Å². The molecule has 120 valence electrons. The molecule has 2 atom stereocenters. The lowest BCUT2D eigenvalue weighted by Gasteiger charge is -2.20. The van der Waals surface area contributed by atoms with Crippen LogP contribution in [0.25, 0.3) is 0 Å². The first kappa shape index (κ1) is 16.0. The second-order valence-corrected chi connectivity index (χ2v) is 6.41. The monoisotopic (exact) mass is 376 g/mol. The highest BCUT2D eigenvalue weighted by Gasteiger charge is 2.29. The minimum Gasteiger partial charge on any atom is -0.384 e. The van der Waals surface area contributed by atoms with Crippen molar-refractivity contribution in [2.75, 3.05) is 18.5 Å². The Morgan fingerprint density at radius 2 is 2.04 bits per heavy atom. The molecule has 6 heteroatoms. The lowest BCUT2D eigenvalue weighted by molar-refractivity contribution is -0.384. The Kier molecular flexibility index (Phi) is 4.93. The minimum atomic E-state index is -0.398. The topological polar surface area (TPSA) is 64.4 Å². The second kappa shape index (κ2) is 7.10.